The fourth-order valence-corrected chi connectivity index (χ4v) is 2.72. The number of rotatable bonds is 1. The number of aromatic hydroxyl groups is 1. The molecule has 0 spiro atoms. The summed E-state index contributed by atoms with van der Waals surface area (Å²) in [6.07, 6.45) is -0.764. The molecule has 1 aliphatic rings. The van der Waals surface area contributed by atoms with Crippen LogP contribution < -0.4 is 4.74 Å². The van der Waals surface area contributed by atoms with Crippen molar-refractivity contribution >= 4 is 15.9 Å². The first-order chi connectivity index (χ1) is 9.54. The Morgan fingerprint density at radius 2 is 2.00 bits per heavy atom. The third kappa shape index (κ3) is 2.39. The molecular weight excluding hydrogens is 327 g/mol. The lowest BCUT2D eigenvalue weighted by molar-refractivity contribution is 0.0655. The molecule has 0 saturated carbocycles. The van der Waals surface area contributed by atoms with Crippen molar-refractivity contribution in [3.05, 3.63) is 57.8 Å². The van der Waals surface area contributed by atoms with Gasteiger partial charge in [-0.3, -0.25) is 0 Å². The van der Waals surface area contributed by atoms with Gasteiger partial charge in [0.15, 0.2) is 11.6 Å². The zero-order valence-corrected chi connectivity index (χ0v) is 12.0. The Morgan fingerprint density at radius 1 is 1.20 bits per heavy atom. The number of phenols is 1. The van der Waals surface area contributed by atoms with Crippen LogP contribution in [0, 0.1) is 5.82 Å². The monoisotopic (exact) mass is 338 g/mol. The van der Waals surface area contributed by atoms with Gasteiger partial charge in [0.05, 0.1) is 6.10 Å². The van der Waals surface area contributed by atoms with Crippen molar-refractivity contribution < 1.29 is 19.3 Å². The van der Waals surface area contributed by atoms with Crippen molar-refractivity contribution in [3.63, 3.8) is 0 Å². The summed E-state index contributed by atoms with van der Waals surface area (Å²) in [5.41, 5.74) is 1.31. The molecule has 3 nitrogen and oxygen atoms in total. The molecule has 2 atom stereocenters. The maximum absolute atomic E-state index is 13.4. The Balaban J connectivity index is 1.94. The van der Waals surface area contributed by atoms with E-state index in [4.69, 9.17) is 4.74 Å². The third-order valence-electron chi connectivity index (χ3n) is 3.38. The first kappa shape index (κ1) is 13.4. The number of aliphatic hydroxyl groups excluding tert-OH is 1. The molecule has 0 fully saturated rings. The predicted octanol–water partition coefficient (Wildman–Crippen LogP) is 3.85. The number of hydrogen-bond acceptors (Lipinski definition) is 3. The van der Waals surface area contributed by atoms with E-state index in [9.17, 15) is 14.6 Å². The van der Waals surface area contributed by atoms with E-state index in [1.165, 1.54) is 12.1 Å². The summed E-state index contributed by atoms with van der Waals surface area (Å²) in [6, 6.07) is 9.53. The third-order valence-corrected chi connectivity index (χ3v) is 3.87. The number of ether oxygens (including phenoxy) is 1. The second-order valence-electron chi connectivity index (χ2n) is 4.75. The second kappa shape index (κ2) is 5.07. The van der Waals surface area contributed by atoms with Crippen molar-refractivity contribution in [3.8, 4) is 11.5 Å². The lowest BCUT2D eigenvalue weighted by atomic mass is 9.95. The number of fused-ring (bicyclic) bond motifs is 1. The predicted molar refractivity (Wildman–Crippen MR) is 75.2 cm³/mol. The van der Waals surface area contributed by atoms with Crippen LogP contribution in [0.5, 0.6) is 11.5 Å². The molecule has 0 aromatic heterocycles. The van der Waals surface area contributed by atoms with Crippen LogP contribution in [0.1, 0.15) is 29.8 Å². The average Bonchev–Trinajstić information content (AvgIpc) is 2.42. The molecule has 0 radical (unpaired) electrons. The van der Waals surface area contributed by atoms with Gasteiger partial charge in [0.2, 0.25) is 0 Å². The van der Waals surface area contributed by atoms with Gasteiger partial charge in [-0.2, -0.15) is 0 Å². The van der Waals surface area contributed by atoms with E-state index < -0.39 is 23.8 Å². The summed E-state index contributed by atoms with van der Waals surface area (Å²) in [5, 5.41) is 19.4. The van der Waals surface area contributed by atoms with Gasteiger partial charge in [0.25, 0.3) is 0 Å². The minimum absolute atomic E-state index is 0.341. The highest BCUT2D eigenvalue weighted by Gasteiger charge is 2.28. The van der Waals surface area contributed by atoms with Crippen LogP contribution in [0.3, 0.4) is 0 Å². The lowest BCUT2D eigenvalue weighted by Crippen LogP contribution is -2.19. The fraction of sp³-hybridized carbons (Fsp3) is 0.200. The summed E-state index contributed by atoms with van der Waals surface area (Å²) >= 11 is 3.35. The van der Waals surface area contributed by atoms with Crippen LogP contribution in [0.25, 0.3) is 0 Å². The van der Waals surface area contributed by atoms with Gasteiger partial charge in [0, 0.05) is 16.5 Å². The molecule has 3 rings (SSSR count). The van der Waals surface area contributed by atoms with E-state index in [2.05, 4.69) is 15.9 Å². The molecule has 0 aliphatic carbocycles. The molecule has 20 heavy (non-hydrogen) atoms. The Bertz CT molecular complexity index is 660. The van der Waals surface area contributed by atoms with Crippen LogP contribution in [-0.4, -0.2) is 10.2 Å². The quantitative estimate of drug-likeness (QED) is 0.830. The van der Waals surface area contributed by atoms with Gasteiger partial charge in [-0.15, -0.1) is 0 Å². The fourth-order valence-electron chi connectivity index (χ4n) is 2.35. The molecule has 2 aromatic carbocycles. The van der Waals surface area contributed by atoms with Gasteiger partial charge >= 0.3 is 0 Å². The molecule has 5 heteroatoms. The van der Waals surface area contributed by atoms with Gasteiger partial charge in [0.1, 0.15) is 11.9 Å². The molecule has 0 saturated heterocycles. The minimum atomic E-state index is -0.692. The van der Waals surface area contributed by atoms with Gasteiger partial charge in [-0.1, -0.05) is 22.0 Å². The van der Waals surface area contributed by atoms with E-state index in [1.54, 1.807) is 12.1 Å². The van der Waals surface area contributed by atoms with E-state index in [1.807, 2.05) is 12.1 Å². The molecular formula is C15H12BrFO3. The van der Waals surface area contributed by atoms with Crippen LogP contribution in [0.15, 0.2) is 40.9 Å². The summed E-state index contributed by atoms with van der Waals surface area (Å²) in [6.45, 7) is 0. The van der Waals surface area contributed by atoms with Crippen molar-refractivity contribution in [2.24, 2.45) is 0 Å². The van der Waals surface area contributed by atoms with Crippen LogP contribution in [0.4, 0.5) is 4.39 Å². The Morgan fingerprint density at radius 3 is 2.75 bits per heavy atom. The lowest BCUT2D eigenvalue weighted by Gasteiger charge is -2.30. The second-order valence-corrected chi connectivity index (χ2v) is 5.67. The number of hydrogen-bond donors (Lipinski definition) is 2. The average molecular weight is 339 g/mol. The molecule has 104 valence electrons. The van der Waals surface area contributed by atoms with E-state index in [-0.39, 0.29) is 0 Å². The highest BCUT2D eigenvalue weighted by Crippen LogP contribution is 2.42. The topological polar surface area (TPSA) is 49.7 Å². The summed E-state index contributed by atoms with van der Waals surface area (Å²) in [5.74, 6) is -0.498. The Hall–Kier alpha value is -1.59. The maximum Gasteiger partial charge on any atom is 0.165 e. The minimum Gasteiger partial charge on any atom is -0.505 e. The van der Waals surface area contributed by atoms with Gasteiger partial charge < -0.3 is 14.9 Å². The number of aliphatic hydroxyl groups is 1. The van der Waals surface area contributed by atoms with Crippen molar-refractivity contribution in [1.29, 1.82) is 0 Å². The molecule has 1 unspecified atom stereocenters. The SMILES string of the molecule is Oc1ccc(C2C[C@H](O)c3cc(Br)ccc3O2)cc1F. The first-order valence-corrected chi connectivity index (χ1v) is 6.96. The van der Waals surface area contributed by atoms with Crippen LogP contribution in [0.2, 0.25) is 0 Å². The van der Waals surface area contributed by atoms with E-state index in [0.29, 0.717) is 17.7 Å². The summed E-state index contributed by atoms with van der Waals surface area (Å²) < 4.78 is 20.1. The molecule has 1 heterocycles. The zero-order chi connectivity index (χ0) is 14.3. The highest BCUT2D eigenvalue weighted by atomic mass is 79.9. The van der Waals surface area contributed by atoms with Crippen molar-refractivity contribution in [1.82, 2.24) is 0 Å². The van der Waals surface area contributed by atoms with Crippen molar-refractivity contribution in [2.75, 3.05) is 0 Å². The number of halogens is 2. The van der Waals surface area contributed by atoms with Gasteiger partial charge in [-0.25, -0.2) is 4.39 Å². The molecule has 0 amide bonds. The van der Waals surface area contributed by atoms with E-state index >= 15 is 0 Å². The zero-order valence-electron chi connectivity index (χ0n) is 10.4. The Kier molecular flexibility index (Phi) is 3.40. The highest BCUT2D eigenvalue weighted by molar-refractivity contribution is 9.10. The Labute approximate surface area is 123 Å². The van der Waals surface area contributed by atoms with E-state index in [0.717, 1.165) is 10.0 Å². The summed E-state index contributed by atoms with van der Waals surface area (Å²) in [4.78, 5) is 0. The summed E-state index contributed by atoms with van der Waals surface area (Å²) in [7, 11) is 0. The molecule has 1 aliphatic heterocycles. The van der Waals surface area contributed by atoms with Crippen LogP contribution in [-0.2, 0) is 0 Å². The standard InChI is InChI=1S/C15H12BrFO3/c16-9-2-4-14-10(6-9)13(19)7-15(20-14)8-1-3-12(18)11(17)5-8/h1-6,13,15,18-19H,7H2/t13-,15?/m0/s1. The molecule has 2 N–H and O–H groups in total. The number of benzene rings is 2. The molecule has 2 aromatic rings. The normalized spacial score (nSPS) is 21.1. The van der Waals surface area contributed by atoms with Crippen molar-refractivity contribution in [2.45, 2.75) is 18.6 Å². The van der Waals surface area contributed by atoms with Crippen LogP contribution >= 0.6 is 15.9 Å². The first-order valence-electron chi connectivity index (χ1n) is 6.17. The number of phenolic OH excluding ortho intramolecular Hbond substituents is 1. The smallest absolute Gasteiger partial charge is 0.165 e. The largest absolute Gasteiger partial charge is 0.505 e. The maximum atomic E-state index is 13.4. The molecule has 0 bridgehead atoms. The van der Waals surface area contributed by atoms with Gasteiger partial charge in [-0.05, 0) is 35.9 Å².